The maximum atomic E-state index is 14.2. The lowest BCUT2D eigenvalue weighted by molar-refractivity contribution is -0.141. The average Bonchev–Trinajstić information content (AvgIpc) is 2.70. The summed E-state index contributed by atoms with van der Waals surface area (Å²) in [7, 11) is 0. The van der Waals surface area contributed by atoms with Crippen molar-refractivity contribution in [3.05, 3.63) is 70.2 Å². The fraction of sp³-hybridized carbons (Fsp3) is 0.364. The first-order valence-corrected chi connectivity index (χ1v) is 9.99. The van der Waals surface area contributed by atoms with Crippen molar-refractivity contribution in [1.29, 1.82) is 0 Å². The molecule has 0 aliphatic rings. The van der Waals surface area contributed by atoms with Gasteiger partial charge in [0.05, 0.1) is 6.42 Å². The summed E-state index contributed by atoms with van der Waals surface area (Å²) in [5.41, 5.74) is 0.758. The number of halogens is 3. The normalized spacial score (nSPS) is 11.8. The SMILES string of the molecule is CCCNC(=O)[C@H](CC)N(Cc1ccc(F)cc1)C(=O)Cc1c(F)cccc1Cl. The van der Waals surface area contributed by atoms with Crippen molar-refractivity contribution in [2.75, 3.05) is 6.54 Å². The fourth-order valence-electron chi connectivity index (χ4n) is 3.03. The van der Waals surface area contributed by atoms with Crippen LogP contribution in [0, 0.1) is 11.6 Å². The van der Waals surface area contributed by atoms with E-state index < -0.39 is 23.6 Å². The number of nitrogens with one attached hydrogen (secondary N) is 1. The summed E-state index contributed by atoms with van der Waals surface area (Å²) in [5.74, 6) is -1.67. The Labute approximate surface area is 174 Å². The highest BCUT2D eigenvalue weighted by Gasteiger charge is 2.29. The lowest BCUT2D eigenvalue weighted by Crippen LogP contribution is -2.49. The second-order valence-electron chi connectivity index (χ2n) is 6.74. The molecule has 156 valence electrons. The molecule has 4 nitrogen and oxygen atoms in total. The van der Waals surface area contributed by atoms with Gasteiger partial charge < -0.3 is 10.2 Å². The quantitative estimate of drug-likeness (QED) is 0.647. The molecule has 2 aromatic carbocycles. The molecule has 2 amide bonds. The number of nitrogens with zero attached hydrogens (tertiary/aromatic N) is 1. The lowest BCUT2D eigenvalue weighted by Gasteiger charge is -2.31. The van der Waals surface area contributed by atoms with E-state index in [0.29, 0.717) is 18.5 Å². The standard InChI is InChI=1S/C22H25ClF2N2O2/c1-3-12-26-22(29)20(4-2)27(14-15-8-10-16(24)11-9-15)21(28)13-17-18(23)6-5-7-19(17)25/h5-11,20H,3-4,12-14H2,1-2H3,(H,26,29)/t20-/m0/s1. The highest BCUT2D eigenvalue weighted by atomic mass is 35.5. The van der Waals surface area contributed by atoms with Crippen molar-refractivity contribution in [2.24, 2.45) is 0 Å². The minimum atomic E-state index is -0.732. The highest BCUT2D eigenvalue weighted by molar-refractivity contribution is 6.31. The van der Waals surface area contributed by atoms with Crippen molar-refractivity contribution < 1.29 is 18.4 Å². The summed E-state index contributed by atoms with van der Waals surface area (Å²) in [5, 5.41) is 2.96. The van der Waals surface area contributed by atoms with Gasteiger partial charge in [-0.05, 0) is 42.7 Å². The van der Waals surface area contributed by atoms with Gasteiger partial charge in [0.2, 0.25) is 11.8 Å². The van der Waals surface area contributed by atoms with E-state index in [1.54, 1.807) is 19.1 Å². The molecule has 0 saturated carbocycles. The molecule has 0 saturated heterocycles. The Kier molecular flexibility index (Phi) is 8.58. The minimum absolute atomic E-state index is 0.0899. The molecular formula is C22H25ClF2N2O2. The van der Waals surface area contributed by atoms with Gasteiger partial charge in [0, 0.05) is 23.7 Å². The Morgan fingerprint density at radius 2 is 1.79 bits per heavy atom. The van der Waals surface area contributed by atoms with Gasteiger partial charge in [0.15, 0.2) is 0 Å². The topological polar surface area (TPSA) is 49.4 Å². The van der Waals surface area contributed by atoms with Crippen LogP contribution in [0.5, 0.6) is 0 Å². The number of hydrogen-bond donors (Lipinski definition) is 1. The zero-order chi connectivity index (χ0) is 21.4. The van der Waals surface area contributed by atoms with Crippen LogP contribution >= 0.6 is 11.6 Å². The van der Waals surface area contributed by atoms with Crippen LogP contribution < -0.4 is 5.32 Å². The summed E-state index contributed by atoms with van der Waals surface area (Å²) < 4.78 is 27.4. The molecule has 29 heavy (non-hydrogen) atoms. The summed E-state index contributed by atoms with van der Waals surface area (Å²) >= 11 is 6.07. The molecule has 2 aromatic rings. The monoisotopic (exact) mass is 422 g/mol. The molecule has 0 aliphatic carbocycles. The van der Waals surface area contributed by atoms with E-state index in [1.165, 1.54) is 35.2 Å². The van der Waals surface area contributed by atoms with Crippen LogP contribution in [0.4, 0.5) is 8.78 Å². The molecule has 0 fully saturated rings. The van der Waals surface area contributed by atoms with Gasteiger partial charge >= 0.3 is 0 Å². The van der Waals surface area contributed by atoms with Gasteiger partial charge in [-0.2, -0.15) is 0 Å². The van der Waals surface area contributed by atoms with E-state index in [2.05, 4.69) is 5.32 Å². The van der Waals surface area contributed by atoms with Crippen molar-refractivity contribution in [2.45, 2.75) is 45.7 Å². The third-order valence-electron chi connectivity index (χ3n) is 4.59. The van der Waals surface area contributed by atoms with Crippen molar-refractivity contribution in [3.8, 4) is 0 Å². The first-order valence-electron chi connectivity index (χ1n) is 9.61. The van der Waals surface area contributed by atoms with Gasteiger partial charge in [-0.15, -0.1) is 0 Å². The fourth-order valence-corrected chi connectivity index (χ4v) is 3.26. The van der Waals surface area contributed by atoms with Crippen LogP contribution in [0.15, 0.2) is 42.5 Å². The summed E-state index contributed by atoms with van der Waals surface area (Å²) in [6, 6.07) is 9.20. The second kappa shape index (κ2) is 10.9. The van der Waals surface area contributed by atoms with Gasteiger partial charge in [-0.3, -0.25) is 9.59 Å². The number of carbonyl (C=O) groups excluding carboxylic acids is 2. The van der Waals surface area contributed by atoms with Crippen LogP contribution in [-0.2, 0) is 22.6 Å². The van der Waals surface area contributed by atoms with Crippen molar-refractivity contribution in [1.82, 2.24) is 10.2 Å². The van der Waals surface area contributed by atoms with Crippen LogP contribution in [0.2, 0.25) is 5.02 Å². The maximum Gasteiger partial charge on any atom is 0.242 e. The van der Waals surface area contributed by atoms with Gasteiger partial charge in [0.25, 0.3) is 0 Å². The summed E-state index contributed by atoms with van der Waals surface area (Å²) in [6.07, 6.45) is 0.872. The van der Waals surface area contributed by atoms with E-state index in [4.69, 9.17) is 11.6 Å². The molecule has 0 unspecified atom stereocenters. The second-order valence-corrected chi connectivity index (χ2v) is 7.15. The maximum absolute atomic E-state index is 14.2. The minimum Gasteiger partial charge on any atom is -0.354 e. The largest absolute Gasteiger partial charge is 0.354 e. The number of rotatable bonds is 9. The van der Waals surface area contributed by atoms with E-state index in [1.807, 2.05) is 6.92 Å². The molecule has 0 aromatic heterocycles. The Morgan fingerprint density at radius 3 is 2.38 bits per heavy atom. The molecule has 0 aliphatic heterocycles. The Morgan fingerprint density at radius 1 is 1.10 bits per heavy atom. The molecular weight excluding hydrogens is 398 g/mol. The van der Waals surface area contributed by atoms with Crippen LogP contribution in [0.3, 0.4) is 0 Å². The number of benzene rings is 2. The van der Waals surface area contributed by atoms with Crippen molar-refractivity contribution >= 4 is 23.4 Å². The Bertz CT molecular complexity index is 823. The van der Waals surface area contributed by atoms with Gasteiger partial charge in [-0.1, -0.05) is 43.6 Å². The van der Waals surface area contributed by atoms with E-state index >= 15 is 0 Å². The predicted octanol–water partition coefficient (Wildman–Crippen LogP) is 4.49. The highest BCUT2D eigenvalue weighted by Crippen LogP contribution is 2.22. The molecule has 1 atom stereocenters. The predicted molar refractivity (Wildman–Crippen MR) is 109 cm³/mol. The van der Waals surface area contributed by atoms with Crippen LogP contribution in [0.1, 0.15) is 37.8 Å². The number of hydrogen-bond acceptors (Lipinski definition) is 2. The molecule has 7 heteroatoms. The molecule has 0 heterocycles. The van der Waals surface area contributed by atoms with E-state index in [-0.39, 0.29) is 29.5 Å². The lowest BCUT2D eigenvalue weighted by atomic mass is 10.1. The Hall–Kier alpha value is -2.47. The van der Waals surface area contributed by atoms with Gasteiger partial charge in [-0.25, -0.2) is 8.78 Å². The zero-order valence-corrected chi connectivity index (χ0v) is 17.3. The van der Waals surface area contributed by atoms with Crippen LogP contribution in [0.25, 0.3) is 0 Å². The molecule has 0 spiro atoms. The first kappa shape index (κ1) is 22.8. The average molecular weight is 423 g/mol. The molecule has 2 rings (SSSR count). The smallest absolute Gasteiger partial charge is 0.242 e. The first-order chi connectivity index (χ1) is 13.9. The summed E-state index contributed by atoms with van der Waals surface area (Å²) in [4.78, 5) is 27.2. The summed E-state index contributed by atoms with van der Waals surface area (Å²) in [6.45, 7) is 4.33. The third kappa shape index (κ3) is 6.26. The third-order valence-corrected chi connectivity index (χ3v) is 4.95. The molecule has 0 radical (unpaired) electrons. The van der Waals surface area contributed by atoms with Crippen LogP contribution in [-0.4, -0.2) is 29.3 Å². The van der Waals surface area contributed by atoms with Crippen molar-refractivity contribution in [3.63, 3.8) is 0 Å². The number of amides is 2. The van der Waals surface area contributed by atoms with E-state index in [0.717, 1.165) is 6.42 Å². The Balaban J connectivity index is 2.32. The van der Waals surface area contributed by atoms with E-state index in [9.17, 15) is 18.4 Å². The molecule has 1 N–H and O–H groups in total. The zero-order valence-electron chi connectivity index (χ0n) is 16.6. The number of carbonyl (C=O) groups is 2. The van der Waals surface area contributed by atoms with Gasteiger partial charge in [0.1, 0.15) is 17.7 Å². The molecule has 0 bridgehead atoms.